The van der Waals surface area contributed by atoms with Crippen LogP contribution in [0.2, 0.25) is 0 Å². The van der Waals surface area contributed by atoms with Crippen molar-refractivity contribution >= 4 is 24.1 Å². The molecule has 0 spiro atoms. The first-order valence-corrected chi connectivity index (χ1v) is 12.4. The molecular weight excluding hydrogens is 456 g/mol. The third-order valence-corrected chi connectivity index (χ3v) is 5.04. The second kappa shape index (κ2) is 27.0. The van der Waals surface area contributed by atoms with E-state index in [1.807, 2.05) is 14.0 Å². The number of carbonyl (C=O) groups is 1. The van der Waals surface area contributed by atoms with Crippen LogP contribution in [0.5, 0.6) is 0 Å². The lowest BCUT2D eigenvalue weighted by molar-refractivity contribution is -0.103. The number of carbonyl (C=O) groups excluding carboxylic acids is 1. The highest BCUT2D eigenvalue weighted by molar-refractivity contribution is 6.28. The van der Waals surface area contributed by atoms with Gasteiger partial charge < -0.3 is 24.7 Å². The Balaban J connectivity index is 0. The van der Waals surface area contributed by atoms with E-state index < -0.39 is 0 Å². The van der Waals surface area contributed by atoms with Gasteiger partial charge in [-0.2, -0.15) is 0 Å². The lowest BCUT2D eigenvalue weighted by Crippen LogP contribution is -2.23. The highest BCUT2D eigenvalue weighted by Gasteiger charge is 2.02. The molecule has 0 aromatic heterocycles. The quantitative estimate of drug-likeness (QED) is 0.125. The number of nitrogens with one attached hydrogen (secondary N) is 1. The molecule has 7 heteroatoms. The molecule has 0 saturated heterocycles. The minimum Gasteiger partial charge on any atom is -0.399 e. The molecule has 0 saturated carbocycles. The van der Waals surface area contributed by atoms with Crippen molar-refractivity contribution in [1.29, 1.82) is 0 Å². The van der Waals surface area contributed by atoms with E-state index in [1.165, 1.54) is 36.0 Å². The molecule has 204 valence electrons. The maximum atomic E-state index is 9.96. The molecule has 1 aromatic rings. The lowest BCUT2D eigenvalue weighted by atomic mass is 10.0. The molecule has 0 aliphatic rings. The van der Waals surface area contributed by atoms with Crippen LogP contribution in [0, 0.1) is 5.92 Å². The van der Waals surface area contributed by atoms with Crippen LogP contribution in [0.3, 0.4) is 0 Å². The zero-order chi connectivity index (χ0) is 27.4. The van der Waals surface area contributed by atoms with Crippen LogP contribution in [0.4, 0.5) is 0 Å². The first kappa shape index (κ1) is 35.6. The van der Waals surface area contributed by atoms with Gasteiger partial charge in [-0.15, -0.1) is 6.58 Å². The molecule has 7 nitrogen and oxygen atoms in total. The number of nitrogens with zero attached hydrogens (tertiary/aromatic N) is 1. The smallest absolute Gasteiger partial charge is 0.167 e. The van der Waals surface area contributed by atoms with Crippen molar-refractivity contribution in [2.45, 2.75) is 40.0 Å². The molecule has 0 bridgehead atoms. The first-order valence-electron chi connectivity index (χ1n) is 12.4. The van der Waals surface area contributed by atoms with Gasteiger partial charge in [0.25, 0.3) is 0 Å². The highest BCUT2D eigenvalue weighted by atomic mass is 16.6. The summed E-state index contributed by atoms with van der Waals surface area (Å²) < 4.78 is 10.4. The Hall–Kier alpha value is -2.58. The summed E-state index contributed by atoms with van der Waals surface area (Å²) in [7, 11) is 5.10. The maximum Gasteiger partial charge on any atom is 0.167 e. The van der Waals surface area contributed by atoms with E-state index in [-0.39, 0.29) is 18.7 Å². The normalized spacial score (nSPS) is 13.2. The minimum absolute atomic E-state index is 0.0824. The molecule has 0 aliphatic carbocycles. The van der Waals surface area contributed by atoms with Gasteiger partial charge in [0.05, 0.1) is 13.2 Å². The topological polar surface area (TPSA) is 89.4 Å². The van der Waals surface area contributed by atoms with Gasteiger partial charge in [-0.1, -0.05) is 61.0 Å². The molecule has 0 fully saturated rings. The van der Waals surface area contributed by atoms with Crippen LogP contribution in [0.15, 0.2) is 53.7 Å². The van der Waals surface area contributed by atoms with Gasteiger partial charge in [0.15, 0.2) is 6.29 Å². The van der Waals surface area contributed by atoms with Crippen molar-refractivity contribution in [1.82, 2.24) is 5.32 Å². The van der Waals surface area contributed by atoms with Crippen molar-refractivity contribution in [3.63, 3.8) is 0 Å². The highest BCUT2D eigenvalue weighted by Crippen LogP contribution is 2.05. The van der Waals surface area contributed by atoms with E-state index in [4.69, 9.17) is 14.6 Å². The van der Waals surface area contributed by atoms with Crippen molar-refractivity contribution in [3.8, 4) is 0 Å². The Labute approximate surface area is 218 Å². The fraction of sp³-hybridized carbons (Fsp3) is 0.517. The Kier molecular flexibility index (Phi) is 26.7. The molecular formula is C29H48N2O5. The van der Waals surface area contributed by atoms with Gasteiger partial charge in [-0.05, 0) is 61.9 Å². The van der Waals surface area contributed by atoms with E-state index in [0.717, 1.165) is 19.1 Å². The molecule has 0 heterocycles. The van der Waals surface area contributed by atoms with Crippen LogP contribution in [0.1, 0.15) is 40.0 Å². The lowest BCUT2D eigenvalue weighted by Gasteiger charge is -2.12. The van der Waals surface area contributed by atoms with Crippen LogP contribution in [-0.2, 0) is 19.1 Å². The fourth-order valence-electron chi connectivity index (χ4n) is 2.96. The van der Waals surface area contributed by atoms with E-state index in [1.54, 1.807) is 13.2 Å². The maximum absolute atomic E-state index is 9.96. The molecule has 1 unspecified atom stereocenters. The number of aldehydes is 1. The number of aliphatic hydroxyl groups excluding tert-OH is 1. The standard InChI is InChI=1S/C16H20O.C8H19NO.C5H9NO3/c1-4-11-17-13-14(5-2)12-16-10-8-7-9-15(16)6-3;1-4-8(7-9-2)5-6-10-3;1-9-6-5(4-8)2-3-7/h4-10,12H,1,11,13H2,2-3H3;8-9H,4-7H2,1-3H3;4,7H,2-3H2,1H3/b14-5+,15-6-,16-12-;;6-5+. The van der Waals surface area contributed by atoms with Crippen LogP contribution in [0.25, 0.3) is 12.2 Å². The molecule has 0 aliphatic heterocycles. The summed E-state index contributed by atoms with van der Waals surface area (Å²) in [6.45, 7) is 13.1. The summed E-state index contributed by atoms with van der Waals surface area (Å²) in [6.07, 6.45) is 11.3. The third kappa shape index (κ3) is 19.7. The Morgan fingerprint density at radius 1 is 1.22 bits per heavy atom. The molecule has 0 amide bonds. The van der Waals surface area contributed by atoms with Gasteiger partial charge in [0, 0.05) is 26.7 Å². The molecule has 36 heavy (non-hydrogen) atoms. The fourth-order valence-corrected chi connectivity index (χ4v) is 2.96. The van der Waals surface area contributed by atoms with Crippen LogP contribution >= 0.6 is 0 Å². The van der Waals surface area contributed by atoms with Gasteiger partial charge >= 0.3 is 0 Å². The molecule has 0 radical (unpaired) electrons. The third-order valence-electron chi connectivity index (χ3n) is 5.04. The first-order chi connectivity index (χ1) is 17.5. The summed E-state index contributed by atoms with van der Waals surface area (Å²) in [5, 5.41) is 17.3. The number of allylic oxidation sites excluding steroid dienone is 1. The monoisotopic (exact) mass is 504 g/mol. The number of hydrogen-bond donors (Lipinski definition) is 2. The number of ether oxygens (including phenoxy) is 2. The summed E-state index contributed by atoms with van der Waals surface area (Å²) in [4.78, 5) is 14.3. The summed E-state index contributed by atoms with van der Waals surface area (Å²) in [5.74, 6) is 0.782. The molecule has 1 aromatic carbocycles. The largest absolute Gasteiger partial charge is 0.399 e. The minimum atomic E-state index is -0.0824. The second-order valence-electron chi connectivity index (χ2n) is 7.70. The van der Waals surface area contributed by atoms with Gasteiger partial charge in [-0.3, -0.25) is 4.79 Å². The predicted octanol–water partition coefficient (Wildman–Crippen LogP) is 3.26. The zero-order valence-electron chi connectivity index (χ0n) is 23.2. The predicted molar refractivity (Wildman–Crippen MR) is 151 cm³/mol. The average molecular weight is 505 g/mol. The van der Waals surface area contributed by atoms with Crippen LogP contribution < -0.4 is 15.8 Å². The SMILES string of the molecule is C=CCOCC(/C=c1/cccc/c1=C/C)=C/C.CCC(CCOC)CNC.CO/N=C(/C=O)CCO. The number of aliphatic hydroxyl groups is 1. The van der Waals surface area contributed by atoms with Crippen molar-refractivity contribution in [3.05, 3.63) is 59.0 Å². The number of rotatable bonds is 15. The van der Waals surface area contributed by atoms with E-state index in [9.17, 15) is 4.79 Å². The van der Waals surface area contributed by atoms with Crippen molar-refractivity contribution < 1.29 is 24.2 Å². The van der Waals surface area contributed by atoms with E-state index >= 15 is 0 Å². The summed E-state index contributed by atoms with van der Waals surface area (Å²) in [6, 6.07) is 8.34. The summed E-state index contributed by atoms with van der Waals surface area (Å²) >= 11 is 0. The average Bonchev–Trinajstić information content (AvgIpc) is 2.91. The number of methoxy groups -OCH3 is 1. The second-order valence-corrected chi connectivity index (χ2v) is 7.70. The number of oxime groups is 1. The van der Waals surface area contributed by atoms with Gasteiger partial charge in [0.2, 0.25) is 0 Å². The molecule has 2 N–H and O–H groups in total. The van der Waals surface area contributed by atoms with Crippen molar-refractivity contribution in [2.24, 2.45) is 11.1 Å². The number of benzene rings is 1. The van der Waals surface area contributed by atoms with Crippen molar-refractivity contribution in [2.75, 3.05) is 54.2 Å². The Morgan fingerprint density at radius 2 is 1.92 bits per heavy atom. The van der Waals surface area contributed by atoms with E-state index in [2.05, 4.69) is 78.2 Å². The zero-order valence-corrected chi connectivity index (χ0v) is 23.2. The van der Waals surface area contributed by atoms with E-state index in [0.29, 0.717) is 19.5 Å². The Morgan fingerprint density at radius 3 is 2.39 bits per heavy atom. The molecule has 1 rings (SSSR count). The molecule has 1 atom stereocenters. The van der Waals surface area contributed by atoms with Crippen LogP contribution in [-0.4, -0.2) is 71.3 Å². The Bertz CT molecular complexity index is 849. The van der Waals surface area contributed by atoms with Gasteiger partial charge in [-0.25, -0.2) is 0 Å². The summed E-state index contributed by atoms with van der Waals surface area (Å²) in [5.41, 5.74) is 1.40. The van der Waals surface area contributed by atoms with Gasteiger partial charge in [0.1, 0.15) is 12.8 Å². The number of hydrogen-bond acceptors (Lipinski definition) is 7.